The Hall–Kier alpha value is -0.930. The minimum absolute atomic E-state index is 0.186. The third kappa shape index (κ3) is 3.54. The maximum atomic E-state index is 13.0. The fourth-order valence-corrected chi connectivity index (χ4v) is 3.13. The number of halogens is 1. The van der Waals surface area contributed by atoms with Crippen molar-refractivity contribution in [2.24, 2.45) is 11.7 Å². The van der Waals surface area contributed by atoms with E-state index in [1.807, 2.05) is 12.1 Å². The molecule has 2 N–H and O–H groups in total. The normalized spacial score (nSPS) is 25.5. The second-order valence-electron chi connectivity index (χ2n) is 5.88. The topological polar surface area (TPSA) is 29.3 Å². The minimum Gasteiger partial charge on any atom is -0.329 e. The second kappa shape index (κ2) is 6.49. The first-order chi connectivity index (χ1) is 9.11. The summed E-state index contributed by atoms with van der Waals surface area (Å²) in [5.74, 6) is 0.667. The molecule has 0 saturated heterocycles. The molecule has 3 heteroatoms. The molecular formula is C16H25FN2. The summed E-state index contributed by atoms with van der Waals surface area (Å²) >= 11 is 0. The van der Waals surface area contributed by atoms with Crippen LogP contribution in [-0.2, 0) is 0 Å². The number of likely N-dealkylation sites (N-methyl/N-ethyl adjacent to an activating group) is 1. The Labute approximate surface area is 115 Å². The van der Waals surface area contributed by atoms with E-state index in [4.69, 9.17) is 5.73 Å². The van der Waals surface area contributed by atoms with Gasteiger partial charge in [0.05, 0.1) is 0 Å². The van der Waals surface area contributed by atoms with Gasteiger partial charge in [0.2, 0.25) is 0 Å². The second-order valence-corrected chi connectivity index (χ2v) is 5.88. The van der Waals surface area contributed by atoms with E-state index >= 15 is 0 Å². The lowest BCUT2D eigenvalue weighted by molar-refractivity contribution is 0.126. The van der Waals surface area contributed by atoms with Crippen LogP contribution >= 0.6 is 0 Å². The van der Waals surface area contributed by atoms with E-state index in [1.54, 1.807) is 0 Å². The standard InChI is InChI=1S/C16H25FN2/c1-12-3-9-15(10-4-12)19(2)16(11-18)13-5-7-14(17)8-6-13/h5-8,12,15-16H,3-4,9-11,18H2,1-2H3. The number of hydrogen-bond acceptors (Lipinski definition) is 2. The van der Waals surface area contributed by atoms with Crippen LogP contribution in [0.1, 0.15) is 44.2 Å². The molecule has 2 rings (SSSR count). The molecule has 106 valence electrons. The molecule has 0 spiro atoms. The molecule has 1 unspecified atom stereocenters. The van der Waals surface area contributed by atoms with E-state index < -0.39 is 0 Å². The highest BCUT2D eigenvalue weighted by Gasteiger charge is 2.26. The Balaban J connectivity index is 2.06. The molecule has 19 heavy (non-hydrogen) atoms. The third-order valence-corrected chi connectivity index (χ3v) is 4.53. The number of benzene rings is 1. The highest BCUT2D eigenvalue weighted by atomic mass is 19.1. The number of hydrogen-bond donors (Lipinski definition) is 1. The van der Waals surface area contributed by atoms with Crippen molar-refractivity contribution in [3.05, 3.63) is 35.6 Å². The average Bonchev–Trinajstić information content (AvgIpc) is 2.42. The summed E-state index contributed by atoms with van der Waals surface area (Å²) in [6, 6.07) is 7.56. The first-order valence-electron chi connectivity index (χ1n) is 7.29. The monoisotopic (exact) mass is 264 g/mol. The van der Waals surface area contributed by atoms with Crippen LogP contribution in [0.2, 0.25) is 0 Å². The van der Waals surface area contributed by atoms with Crippen LogP contribution in [0.25, 0.3) is 0 Å². The van der Waals surface area contributed by atoms with Crippen LogP contribution in [0.15, 0.2) is 24.3 Å². The van der Waals surface area contributed by atoms with Crippen LogP contribution in [0.4, 0.5) is 4.39 Å². The Morgan fingerprint density at radius 2 is 1.79 bits per heavy atom. The lowest BCUT2D eigenvalue weighted by Gasteiger charge is -2.38. The van der Waals surface area contributed by atoms with Crippen molar-refractivity contribution < 1.29 is 4.39 Å². The predicted molar refractivity (Wildman–Crippen MR) is 77.4 cm³/mol. The van der Waals surface area contributed by atoms with E-state index in [1.165, 1.54) is 37.8 Å². The SMILES string of the molecule is CC1CCC(N(C)C(CN)c2ccc(F)cc2)CC1. The molecule has 1 aliphatic carbocycles. The number of nitrogens with two attached hydrogens (primary N) is 1. The van der Waals surface area contributed by atoms with Crippen LogP contribution in [-0.4, -0.2) is 24.5 Å². The van der Waals surface area contributed by atoms with Gasteiger partial charge in [-0.2, -0.15) is 0 Å². The number of rotatable bonds is 4. The van der Waals surface area contributed by atoms with Crippen molar-refractivity contribution in [2.75, 3.05) is 13.6 Å². The molecular weight excluding hydrogens is 239 g/mol. The van der Waals surface area contributed by atoms with Gasteiger partial charge < -0.3 is 5.73 Å². The molecule has 0 aromatic heterocycles. The molecule has 1 fully saturated rings. The van der Waals surface area contributed by atoms with E-state index in [-0.39, 0.29) is 11.9 Å². The summed E-state index contributed by atoms with van der Waals surface area (Å²) in [5, 5.41) is 0. The highest BCUT2D eigenvalue weighted by Crippen LogP contribution is 2.31. The summed E-state index contributed by atoms with van der Waals surface area (Å²) < 4.78 is 13.0. The van der Waals surface area contributed by atoms with Crippen LogP contribution in [0, 0.1) is 11.7 Å². The first kappa shape index (κ1) is 14.5. The Kier molecular flexibility index (Phi) is 4.94. The molecule has 0 heterocycles. The van der Waals surface area contributed by atoms with E-state index in [0.29, 0.717) is 12.6 Å². The minimum atomic E-state index is -0.186. The van der Waals surface area contributed by atoms with Crippen molar-refractivity contribution in [3.8, 4) is 0 Å². The van der Waals surface area contributed by atoms with Crippen molar-refractivity contribution in [3.63, 3.8) is 0 Å². The molecule has 2 nitrogen and oxygen atoms in total. The van der Waals surface area contributed by atoms with Gasteiger partial charge in [-0.15, -0.1) is 0 Å². The van der Waals surface area contributed by atoms with Gasteiger partial charge in [-0.05, 0) is 56.3 Å². The summed E-state index contributed by atoms with van der Waals surface area (Å²) in [6.45, 7) is 2.91. The van der Waals surface area contributed by atoms with Crippen molar-refractivity contribution in [1.82, 2.24) is 4.90 Å². The predicted octanol–water partition coefficient (Wildman–Crippen LogP) is 3.34. The van der Waals surface area contributed by atoms with Gasteiger partial charge in [0.15, 0.2) is 0 Å². The van der Waals surface area contributed by atoms with Crippen molar-refractivity contribution in [2.45, 2.75) is 44.7 Å². The Bertz CT molecular complexity index is 382. The molecule has 1 saturated carbocycles. The van der Waals surface area contributed by atoms with Crippen LogP contribution in [0.5, 0.6) is 0 Å². The van der Waals surface area contributed by atoms with Gasteiger partial charge >= 0.3 is 0 Å². The first-order valence-corrected chi connectivity index (χ1v) is 7.29. The lowest BCUT2D eigenvalue weighted by Crippen LogP contribution is -2.40. The third-order valence-electron chi connectivity index (χ3n) is 4.53. The van der Waals surface area contributed by atoms with Gasteiger partial charge in [-0.3, -0.25) is 4.90 Å². The molecule has 1 aromatic rings. The zero-order chi connectivity index (χ0) is 13.8. The molecule has 1 aliphatic rings. The fraction of sp³-hybridized carbons (Fsp3) is 0.625. The quantitative estimate of drug-likeness (QED) is 0.903. The van der Waals surface area contributed by atoms with Gasteiger partial charge in [0, 0.05) is 18.6 Å². The Morgan fingerprint density at radius 3 is 2.32 bits per heavy atom. The Morgan fingerprint density at radius 1 is 1.21 bits per heavy atom. The zero-order valence-corrected chi connectivity index (χ0v) is 12.0. The molecule has 1 atom stereocenters. The van der Waals surface area contributed by atoms with E-state index in [2.05, 4.69) is 18.9 Å². The van der Waals surface area contributed by atoms with Crippen LogP contribution in [0.3, 0.4) is 0 Å². The van der Waals surface area contributed by atoms with Gasteiger partial charge in [0.1, 0.15) is 5.82 Å². The fourth-order valence-electron chi connectivity index (χ4n) is 3.13. The summed E-state index contributed by atoms with van der Waals surface area (Å²) in [6.07, 6.45) is 5.09. The smallest absolute Gasteiger partial charge is 0.123 e. The van der Waals surface area contributed by atoms with Crippen LogP contribution < -0.4 is 5.73 Å². The average molecular weight is 264 g/mol. The van der Waals surface area contributed by atoms with Gasteiger partial charge in [0.25, 0.3) is 0 Å². The lowest BCUT2D eigenvalue weighted by atomic mass is 9.86. The maximum absolute atomic E-state index is 13.0. The zero-order valence-electron chi connectivity index (χ0n) is 12.0. The maximum Gasteiger partial charge on any atom is 0.123 e. The summed E-state index contributed by atoms with van der Waals surface area (Å²) in [5.41, 5.74) is 7.06. The van der Waals surface area contributed by atoms with Crippen molar-refractivity contribution in [1.29, 1.82) is 0 Å². The molecule has 0 radical (unpaired) electrons. The van der Waals surface area contributed by atoms with E-state index in [0.717, 1.165) is 11.5 Å². The largest absolute Gasteiger partial charge is 0.329 e. The molecule has 0 bridgehead atoms. The summed E-state index contributed by atoms with van der Waals surface area (Å²) in [4.78, 5) is 2.39. The molecule has 0 aliphatic heterocycles. The number of nitrogens with zero attached hydrogens (tertiary/aromatic N) is 1. The van der Waals surface area contributed by atoms with Crippen molar-refractivity contribution >= 4 is 0 Å². The highest BCUT2D eigenvalue weighted by molar-refractivity contribution is 5.20. The molecule has 1 aromatic carbocycles. The molecule has 0 amide bonds. The van der Waals surface area contributed by atoms with Gasteiger partial charge in [-0.1, -0.05) is 19.1 Å². The van der Waals surface area contributed by atoms with E-state index in [9.17, 15) is 4.39 Å². The van der Waals surface area contributed by atoms with Gasteiger partial charge in [-0.25, -0.2) is 4.39 Å². The summed E-state index contributed by atoms with van der Waals surface area (Å²) in [7, 11) is 2.15.